The molecule has 9 heteroatoms. The molecule has 2 amide bonds. The van der Waals surface area contributed by atoms with Crippen LogP contribution in [0.1, 0.15) is 30.4 Å². The fourth-order valence-electron chi connectivity index (χ4n) is 4.64. The van der Waals surface area contributed by atoms with Gasteiger partial charge in [0, 0.05) is 19.6 Å². The first kappa shape index (κ1) is 24.7. The standard InChI is InChI=1S/C26H30N2O7/c1-15(33-2)23(24(29)27-12-17-11-16(13-34-17)25(30)31)28-26(32)35-14-22-20-9-5-3-7-18(20)19-8-4-6-10-21(19)22/h3-10,15-17,22-23H,11-14H2,1-2H3,(H,27,29)(H,28,32)(H,30,31)/t15-,16+,17+,23+/m1/s1. The highest BCUT2D eigenvalue weighted by molar-refractivity contribution is 5.86. The zero-order valence-electron chi connectivity index (χ0n) is 19.7. The maximum atomic E-state index is 12.8. The Hall–Kier alpha value is -3.43. The van der Waals surface area contributed by atoms with Gasteiger partial charge in [0.05, 0.1) is 24.7 Å². The van der Waals surface area contributed by atoms with Crippen LogP contribution in [0.25, 0.3) is 11.1 Å². The molecule has 2 aliphatic rings. The molecule has 0 radical (unpaired) electrons. The summed E-state index contributed by atoms with van der Waals surface area (Å²) in [6.45, 7) is 2.05. The molecular formula is C26H30N2O7. The number of aliphatic carboxylic acids is 1. The predicted octanol–water partition coefficient (Wildman–Crippen LogP) is 2.53. The number of carbonyl (C=O) groups excluding carboxylic acids is 2. The topological polar surface area (TPSA) is 123 Å². The molecule has 0 spiro atoms. The van der Waals surface area contributed by atoms with E-state index in [-0.39, 0.29) is 25.7 Å². The van der Waals surface area contributed by atoms with E-state index in [9.17, 15) is 14.4 Å². The minimum atomic E-state index is -0.993. The van der Waals surface area contributed by atoms with Crippen molar-refractivity contribution in [3.63, 3.8) is 0 Å². The zero-order chi connectivity index (χ0) is 24.9. The number of alkyl carbamates (subject to hydrolysis) is 1. The third kappa shape index (κ3) is 5.47. The van der Waals surface area contributed by atoms with Gasteiger partial charge in [-0.25, -0.2) is 4.79 Å². The van der Waals surface area contributed by atoms with Crippen molar-refractivity contribution in [2.75, 3.05) is 26.9 Å². The van der Waals surface area contributed by atoms with E-state index < -0.39 is 42.1 Å². The smallest absolute Gasteiger partial charge is 0.407 e. The Morgan fingerprint density at radius 1 is 1.09 bits per heavy atom. The summed E-state index contributed by atoms with van der Waals surface area (Å²) in [5.41, 5.74) is 4.44. The first-order chi connectivity index (χ1) is 16.9. The molecule has 1 fully saturated rings. The lowest BCUT2D eigenvalue weighted by molar-refractivity contribution is -0.141. The largest absolute Gasteiger partial charge is 0.481 e. The molecule has 1 aliphatic heterocycles. The zero-order valence-corrected chi connectivity index (χ0v) is 19.7. The van der Waals surface area contributed by atoms with E-state index in [1.165, 1.54) is 7.11 Å². The molecule has 3 N–H and O–H groups in total. The van der Waals surface area contributed by atoms with Crippen LogP contribution in [-0.2, 0) is 23.8 Å². The lowest BCUT2D eigenvalue weighted by atomic mass is 9.98. The number of amides is 2. The first-order valence-corrected chi connectivity index (χ1v) is 11.7. The number of carboxylic acids is 1. The van der Waals surface area contributed by atoms with Gasteiger partial charge in [-0.2, -0.15) is 0 Å². The van der Waals surface area contributed by atoms with Crippen LogP contribution in [0.15, 0.2) is 48.5 Å². The fourth-order valence-corrected chi connectivity index (χ4v) is 4.64. The van der Waals surface area contributed by atoms with E-state index >= 15 is 0 Å². The Morgan fingerprint density at radius 2 is 1.71 bits per heavy atom. The number of carbonyl (C=O) groups is 3. The normalized spacial score (nSPS) is 20.4. The summed E-state index contributed by atoms with van der Waals surface area (Å²) >= 11 is 0. The maximum Gasteiger partial charge on any atom is 0.407 e. The Kier molecular flexibility index (Phi) is 7.67. The minimum absolute atomic E-state index is 0.0954. The third-order valence-electron chi connectivity index (χ3n) is 6.67. The van der Waals surface area contributed by atoms with E-state index in [1.807, 2.05) is 36.4 Å². The van der Waals surface area contributed by atoms with E-state index in [4.69, 9.17) is 19.3 Å². The van der Waals surface area contributed by atoms with Crippen molar-refractivity contribution in [3.8, 4) is 11.1 Å². The molecule has 0 unspecified atom stereocenters. The Bertz CT molecular complexity index is 1040. The third-order valence-corrected chi connectivity index (χ3v) is 6.67. The lowest BCUT2D eigenvalue weighted by Crippen LogP contribution is -2.54. The summed E-state index contributed by atoms with van der Waals surface area (Å²) in [4.78, 5) is 36.6. The van der Waals surface area contributed by atoms with Gasteiger partial charge >= 0.3 is 12.1 Å². The summed E-state index contributed by atoms with van der Waals surface area (Å²) in [5.74, 6) is -2.05. The van der Waals surface area contributed by atoms with Crippen LogP contribution in [0.3, 0.4) is 0 Å². The fraction of sp³-hybridized carbons (Fsp3) is 0.423. The molecule has 1 aliphatic carbocycles. The molecule has 2 aromatic rings. The second kappa shape index (κ2) is 10.9. The molecule has 186 valence electrons. The van der Waals surface area contributed by atoms with Crippen LogP contribution >= 0.6 is 0 Å². The summed E-state index contributed by atoms with van der Waals surface area (Å²) < 4.78 is 16.3. The summed E-state index contributed by atoms with van der Waals surface area (Å²) in [7, 11) is 1.45. The minimum Gasteiger partial charge on any atom is -0.481 e. The molecule has 4 atom stereocenters. The Labute approximate surface area is 203 Å². The number of rotatable bonds is 9. The Morgan fingerprint density at radius 3 is 2.29 bits per heavy atom. The maximum absolute atomic E-state index is 12.8. The van der Waals surface area contributed by atoms with Crippen LogP contribution in [0, 0.1) is 5.92 Å². The molecule has 1 saturated heterocycles. The molecule has 1 heterocycles. The van der Waals surface area contributed by atoms with Gasteiger partial charge in [-0.1, -0.05) is 48.5 Å². The van der Waals surface area contributed by atoms with Gasteiger partial charge in [0.25, 0.3) is 0 Å². The molecule has 0 bridgehead atoms. The van der Waals surface area contributed by atoms with Crippen LogP contribution in [0.4, 0.5) is 4.79 Å². The number of carboxylic acid groups (broad SMARTS) is 1. The van der Waals surface area contributed by atoms with Gasteiger partial charge in [-0.05, 0) is 35.6 Å². The molecular weight excluding hydrogens is 452 g/mol. The van der Waals surface area contributed by atoms with Crippen LogP contribution in [0.5, 0.6) is 0 Å². The van der Waals surface area contributed by atoms with Crippen molar-refractivity contribution < 1.29 is 33.7 Å². The van der Waals surface area contributed by atoms with Gasteiger partial charge in [0.2, 0.25) is 5.91 Å². The quantitative estimate of drug-likeness (QED) is 0.502. The van der Waals surface area contributed by atoms with Crippen molar-refractivity contribution in [2.45, 2.75) is 37.5 Å². The van der Waals surface area contributed by atoms with E-state index in [1.54, 1.807) is 6.92 Å². The number of nitrogens with one attached hydrogen (secondary N) is 2. The number of methoxy groups -OCH3 is 1. The number of fused-ring (bicyclic) bond motifs is 3. The summed E-state index contributed by atoms with van der Waals surface area (Å²) in [6, 6.07) is 15.1. The van der Waals surface area contributed by atoms with Crippen molar-refractivity contribution in [1.29, 1.82) is 0 Å². The van der Waals surface area contributed by atoms with Gasteiger partial charge in [-0.3, -0.25) is 9.59 Å². The van der Waals surface area contributed by atoms with Gasteiger partial charge in [-0.15, -0.1) is 0 Å². The van der Waals surface area contributed by atoms with Gasteiger partial charge < -0.3 is 30.0 Å². The molecule has 4 rings (SSSR count). The summed E-state index contributed by atoms with van der Waals surface area (Å²) in [5, 5.41) is 14.4. The lowest BCUT2D eigenvalue weighted by Gasteiger charge is -2.24. The first-order valence-electron chi connectivity index (χ1n) is 11.7. The van der Waals surface area contributed by atoms with Gasteiger partial charge in [0.15, 0.2) is 0 Å². The number of hydrogen-bond acceptors (Lipinski definition) is 6. The van der Waals surface area contributed by atoms with Gasteiger partial charge in [0.1, 0.15) is 12.6 Å². The van der Waals surface area contributed by atoms with E-state index in [2.05, 4.69) is 22.8 Å². The Balaban J connectivity index is 1.34. The highest BCUT2D eigenvalue weighted by atomic mass is 16.5. The molecule has 0 aromatic heterocycles. The number of benzene rings is 2. The highest BCUT2D eigenvalue weighted by Gasteiger charge is 2.33. The molecule has 9 nitrogen and oxygen atoms in total. The van der Waals surface area contributed by atoms with Crippen molar-refractivity contribution in [3.05, 3.63) is 59.7 Å². The average Bonchev–Trinajstić information content (AvgIpc) is 3.47. The highest BCUT2D eigenvalue weighted by Crippen LogP contribution is 2.44. The molecule has 2 aromatic carbocycles. The summed E-state index contributed by atoms with van der Waals surface area (Å²) in [6.07, 6.45) is -1.42. The second-order valence-electron chi connectivity index (χ2n) is 8.86. The van der Waals surface area contributed by atoms with Crippen molar-refractivity contribution in [1.82, 2.24) is 10.6 Å². The van der Waals surface area contributed by atoms with Crippen molar-refractivity contribution in [2.24, 2.45) is 5.92 Å². The second-order valence-corrected chi connectivity index (χ2v) is 8.86. The monoisotopic (exact) mass is 482 g/mol. The predicted molar refractivity (Wildman–Crippen MR) is 127 cm³/mol. The molecule has 35 heavy (non-hydrogen) atoms. The van der Waals surface area contributed by atoms with Crippen LogP contribution in [-0.4, -0.2) is 68.2 Å². The van der Waals surface area contributed by atoms with Crippen molar-refractivity contribution >= 4 is 18.0 Å². The average molecular weight is 483 g/mol. The molecule has 0 saturated carbocycles. The van der Waals surface area contributed by atoms with Crippen LogP contribution in [0.2, 0.25) is 0 Å². The van der Waals surface area contributed by atoms with E-state index in [0.717, 1.165) is 22.3 Å². The SMILES string of the molecule is CO[C@H](C)[C@H](NC(=O)OCC1c2ccccc2-c2ccccc21)C(=O)NC[C@@H]1C[C@H](C(=O)O)CO1. The van der Waals surface area contributed by atoms with Crippen LogP contribution < -0.4 is 10.6 Å². The van der Waals surface area contributed by atoms with E-state index in [0.29, 0.717) is 6.42 Å². The number of ether oxygens (including phenoxy) is 3. The number of hydrogen-bond donors (Lipinski definition) is 3.